The summed E-state index contributed by atoms with van der Waals surface area (Å²) in [6, 6.07) is 0. The first-order chi connectivity index (χ1) is 15.0. The molecule has 0 saturated carbocycles. The third-order valence-corrected chi connectivity index (χ3v) is 5.79. The number of ether oxygens (including phenoxy) is 2. The van der Waals surface area contributed by atoms with Crippen molar-refractivity contribution < 1.29 is 32.7 Å². The number of aromatic nitrogens is 2. The maximum atomic E-state index is 13.0. The van der Waals surface area contributed by atoms with Crippen LogP contribution in [0.25, 0.3) is 0 Å². The summed E-state index contributed by atoms with van der Waals surface area (Å²) in [5.41, 5.74) is -2.96. The number of aromatic amines is 1. The van der Waals surface area contributed by atoms with Gasteiger partial charge in [-0.05, 0) is 41.5 Å². The van der Waals surface area contributed by atoms with Gasteiger partial charge in [-0.15, -0.1) is 0 Å². The molecule has 1 rings (SSSR count). The minimum atomic E-state index is -3.90. The van der Waals surface area contributed by atoms with E-state index in [0.717, 1.165) is 10.8 Å². The molecule has 0 spiro atoms. The lowest BCUT2D eigenvalue weighted by Gasteiger charge is -2.21. The van der Waals surface area contributed by atoms with Gasteiger partial charge in [-0.3, -0.25) is 37.5 Å². The van der Waals surface area contributed by atoms with Gasteiger partial charge in [-0.25, -0.2) is 4.79 Å². The van der Waals surface area contributed by atoms with Crippen LogP contribution in [0.1, 0.15) is 41.5 Å². The average Bonchev–Trinajstić information content (AvgIpc) is 2.67. The van der Waals surface area contributed by atoms with Crippen molar-refractivity contribution in [3.8, 4) is 0 Å². The largest absolute Gasteiger partial charge is 0.438 e. The lowest BCUT2D eigenvalue weighted by atomic mass is 9.98. The van der Waals surface area contributed by atoms with Crippen molar-refractivity contribution in [3.63, 3.8) is 0 Å². The van der Waals surface area contributed by atoms with Gasteiger partial charge in [0.1, 0.15) is 5.02 Å². The molecule has 0 fully saturated rings. The molecule has 1 N–H and O–H groups in total. The Bertz CT molecular complexity index is 996. The topological polar surface area (TPSA) is 143 Å². The lowest BCUT2D eigenvalue weighted by molar-refractivity contribution is -0.161. The first-order valence-electron chi connectivity index (χ1n) is 9.92. The minimum Gasteiger partial charge on any atom is -0.438 e. The van der Waals surface area contributed by atoms with Crippen molar-refractivity contribution in [1.29, 1.82) is 0 Å². The van der Waals surface area contributed by atoms with E-state index in [2.05, 4.69) is 4.98 Å². The highest BCUT2D eigenvalue weighted by Crippen LogP contribution is 2.48. The summed E-state index contributed by atoms with van der Waals surface area (Å²) < 4.78 is 34.5. The predicted octanol–water partition coefficient (Wildman–Crippen LogP) is 3.07. The number of esters is 2. The zero-order valence-electron chi connectivity index (χ0n) is 19.5. The molecule has 11 nitrogen and oxygen atoms in total. The van der Waals surface area contributed by atoms with E-state index in [9.17, 15) is 23.7 Å². The number of halogens is 1. The molecule has 33 heavy (non-hydrogen) atoms. The van der Waals surface area contributed by atoms with E-state index in [1.165, 1.54) is 12.2 Å². The number of carbonyl (C=O) groups excluding carboxylic acids is 2. The molecule has 0 aliphatic rings. The fraction of sp³-hybridized carbons (Fsp3) is 0.600. The molecule has 0 radical (unpaired) electrons. The summed E-state index contributed by atoms with van der Waals surface area (Å²) in [5, 5.41) is -0.165. The Kier molecular flexibility index (Phi) is 10.3. The number of allylic oxidation sites excluding steroid dienone is 2. The summed E-state index contributed by atoms with van der Waals surface area (Å²) in [5.74, 6) is -1.14. The van der Waals surface area contributed by atoms with Gasteiger partial charge in [0.2, 0.25) is 13.6 Å². The molecular weight excluding hydrogens is 479 g/mol. The van der Waals surface area contributed by atoms with E-state index in [0.29, 0.717) is 0 Å². The third-order valence-electron chi connectivity index (χ3n) is 3.87. The van der Waals surface area contributed by atoms with Crippen LogP contribution in [0.5, 0.6) is 0 Å². The molecular formula is C20H30ClN2O9P. The minimum absolute atomic E-state index is 0.00730. The van der Waals surface area contributed by atoms with Gasteiger partial charge in [-0.1, -0.05) is 23.8 Å². The molecule has 1 heterocycles. The molecule has 0 amide bonds. The van der Waals surface area contributed by atoms with E-state index in [1.807, 2.05) is 0 Å². The quantitative estimate of drug-likeness (QED) is 0.218. The van der Waals surface area contributed by atoms with Crippen molar-refractivity contribution in [2.75, 3.05) is 19.7 Å². The summed E-state index contributed by atoms with van der Waals surface area (Å²) in [6.07, 6.45) is 3.76. The van der Waals surface area contributed by atoms with Gasteiger partial charge in [0.25, 0.3) is 5.56 Å². The molecule has 1 aromatic heterocycles. The van der Waals surface area contributed by atoms with Gasteiger partial charge >= 0.3 is 25.2 Å². The Hall–Kier alpha value is -2.20. The normalized spacial score (nSPS) is 12.7. The molecule has 0 bridgehead atoms. The van der Waals surface area contributed by atoms with Gasteiger partial charge in [0.05, 0.1) is 17.0 Å². The smallest absolute Gasteiger partial charge is 0.340 e. The second-order valence-electron chi connectivity index (χ2n) is 9.01. The second kappa shape index (κ2) is 11.8. The van der Waals surface area contributed by atoms with Crippen molar-refractivity contribution in [1.82, 2.24) is 9.55 Å². The molecule has 0 aromatic carbocycles. The molecule has 0 saturated heterocycles. The van der Waals surface area contributed by atoms with E-state index >= 15 is 0 Å². The summed E-state index contributed by atoms with van der Waals surface area (Å²) in [6.45, 7) is 8.60. The van der Waals surface area contributed by atoms with Crippen molar-refractivity contribution in [2.24, 2.45) is 10.8 Å². The average molecular weight is 509 g/mol. The van der Waals surface area contributed by atoms with Crippen LogP contribution >= 0.6 is 19.2 Å². The molecule has 0 aliphatic heterocycles. The van der Waals surface area contributed by atoms with E-state index in [4.69, 9.17) is 30.1 Å². The van der Waals surface area contributed by atoms with E-state index in [1.54, 1.807) is 41.5 Å². The maximum Gasteiger partial charge on any atom is 0.340 e. The van der Waals surface area contributed by atoms with Gasteiger partial charge < -0.3 is 9.47 Å². The van der Waals surface area contributed by atoms with Crippen molar-refractivity contribution >= 4 is 31.1 Å². The standard InChI is InChI=1S/C20H30ClN2O9P/c1-19(2,3)16(25)29-12-31-33(28,32-13-30-17(26)20(4,5)6)10-8-7-9-23-11-14(21)15(24)22-18(23)27/h7-8,11H,9-10,12-13H2,1-6H3,(H,22,24,27)/b8-7+. The second-order valence-corrected chi connectivity index (χ2v) is 11.5. The van der Waals surface area contributed by atoms with Gasteiger partial charge in [0, 0.05) is 12.7 Å². The first-order valence-corrected chi connectivity index (χ1v) is 12.0. The fourth-order valence-corrected chi connectivity index (χ4v) is 3.19. The molecule has 1 aromatic rings. The van der Waals surface area contributed by atoms with Crippen LogP contribution in [0.2, 0.25) is 5.02 Å². The zero-order valence-corrected chi connectivity index (χ0v) is 21.2. The highest BCUT2D eigenvalue weighted by atomic mass is 35.5. The number of carbonyl (C=O) groups is 2. The van der Waals surface area contributed by atoms with Crippen molar-refractivity contribution in [2.45, 2.75) is 48.1 Å². The lowest BCUT2D eigenvalue weighted by Crippen LogP contribution is -2.29. The van der Waals surface area contributed by atoms with Crippen LogP contribution in [0.4, 0.5) is 0 Å². The summed E-state index contributed by atoms with van der Waals surface area (Å²) in [7, 11) is -3.90. The highest BCUT2D eigenvalue weighted by molar-refractivity contribution is 7.54. The van der Waals surface area contributed by atoms with Crippen LogP contribution in [-0.2, 0) is 39.2 Å². The molecule has 186 valence electrons. The Labute approximate surface area is 196 Å². The Morgan fingerprint density at radius 2 is 1.48 bits per heavy atom. The highest BCUT2D eigenvalue weighted by Gasteiger charge is 2.29. The van der Waals surface area contributed by atoms with Crippen LogP contribution in [-0.4, -0.2) is 41.2 Å². The summed E-state index contributed by atoms with van der Waals surface area (Å²) >= 11 is 5.71. The maximum absolute atomic E-state index is 13.0. The number of nitrogens with zero attached hydrogens (tertiary/aromatic N) is 1. The predicted molar refractivity (Wildman–Crippen MR) is 121 cm³/mol. The van der Waals surface area contributed by atoms with E-state index < -0.39 is 55.2 Å². The number of H-pyrrole nitrogens is 1. The summed E-state index contributed by atoms with van der Waals surface area (Å²) in [4.78, 5) is 48.9. The number of rotatable bonds is 10. The third kappa shape index (κ3) is 10.1. The van der Waals surface area contributed by atoms with Gasteiger partial charge in [0.15, 0.2) is 0 Å². The van der Waals surface area contributed by atoms with Crippen LogP contribution < -0.4 is 11.2 Å². The number of hydrogen-bond donors (Lipinski definition) is 1. The first kappa shape index (κ1) is 28.8. The SMILES string of the molecule is CC(C)(C)C(=O)OCOP(=O)(C/C=C/Cn1cc(Cl)c(=O)[nH]c1=O)OCOC(=O)C(C)(C)C. The molecule has 13 heteroatoms. The molecule has 0 aliphatic carbocycles. The van der Waals surface area contributed by atoms with Gasteiger partial charge in [-0.2, -0.15) is 0 Å². The van der Waals surface area contributed by atoms with Crippen LogP contribution in [0.15, 0.2) is 27.9 Å². The molecule has 0 unspecified atom stereocenters. The zero-order chi connectivity index (χ0) is 25.4. The number of nitrogens with one attached hydrogen (secondary N) is 1. The fourth-order valence-electron chi connectivity index (χ4n) is 1.91. The van der Waals surface area contributed by atoms with Crippen LogP contribution in [0, 0.1) is 10.8 Å². The molecule has 0 atom stereocenters. The Morgan fingerprint density at radius 3 is 1.94 bits per heavy atom. The Morgan fingerprint density at radius 1 is 1.00 bits per heavy atom. The monoisotopic (exact) mass is 508 g/mol. The number of hydrogen-bond acceptors (Lipinski definition) is 9. The van der Waals surface area contributed by atoms with Crippen LogP contribution in [0.3, 0.4) is 0 Å². The Balaban J connectivity index is 2.82. The van der Waals surface area contributed by atoms with Crippen molar-refractivity contribution in [3.05, 3.63) is 44.2 Å². The van der Waals surface area contributed by atoms with E-state index in [-0.39, 0.29) is 17.7 Å².